The van der Waals surface area contributed by atoms with Crippen LogP contribution in [0.2, 0.25) is 0 Å². The van der Waals surface area contributed by atoms with Gasteiger partial charge in [0.15, 0.2) is 0 Å². The van der Waals surface area contributed by atoms with Crippen LogP contribution in [0, 0.1) is 6.92 Å². The normalized spacial score (nSPS) is 12.2. The number of benzene rings is 1. The Morgan fingerprint density at radius 2 is 2.27 bits per heavy atom. The van der Waals surface area contributed by atoms with Crippen LogP contribution < -0.4 is 5.73 Å². The number of carbonyl (C=O) groups excluding carboxylic acids is 1. The lowest BCUT2D eigenvalue weighted by Crippen LogP contribution is -2.16. The zero-order chi connectivity index (χ0) is 11.4. The van der Waals surface area contributed by atoms with E-state index in [9.17, 15) is 9.90 Å². The first-order chi connectivity index (χ1) is 7.06. The van der Waals surface area contributed by atoms with Crippen molar-refractivity contribution in [3.8, 4) is 5.75 Å². The molecule has 0 amide bonds. The van der Waals surface area contributed by atoms with Crippen LogP contribution in [0.3, 0.4) is 0 Å². The van der Waals surface area contributed by atoms with E-state index in [2.05, 4.69) is 4.74 Å². The summed E-state index contributed by atoms with van der Waals surface area (Å²) in [7, 11) is 1.31. The molecule has 0 fully saturated rings. The number of methoxy groups -OCH3 is 1. The van der Waals surface area contributed by atoms with Gasteiger partial charge in [-0.25, -0.2) is 0 Å². The van der Waals surface area contributed by atoms with Gasteiger partial charge < -0.3 is 15.6 Å². The number of aromatic hydroxyl groups is 1. The predicted octanol–water partition coefficient (Wildman–Crippen LogP) is 1.26. The molecule has 82 valence electrons. The number of para-hydroxylation sites is 1. The Hall–Kier alpha value is -1.55. The first-order valence-electron chi connectivity index (χ1n) is 4.67. The maximum atomic E-state index is 11.0. The van der Waals surface area contributed by atoms with Gasteiger partial charge in [-0.3, -0.25) is 4.79 Å². The highest BCUT2D eigenvalue weighted by molar-refractivity contribution is 5.70. The first kappa shape index (κ1) is 11.5. The number of ether oxygens (including phenoxy) is 1. The number of phenols is 1. The van der Waals surface area contributed by atoms with Crippen LogP contribution >= 0.6 is 0 Å². The zero-order valence-corrected chi connectivity index (χ0v) is 8.86. The van der Waals surface area contributed by atoms with Crippen molar-refractivity contribution in [2.24, 2.45) is 5.73 Å². The number of nitrogens with two attached hydrogens (primary N) is 1. The summed E-state index contributed by atoms with van der Waals surface area (Å²) in [6.45, 7) is 1.78. The van der Waals surface area contributed by atoms with Crippen molar-refractivity contribution in [3.05, 3.63) is 29.3 Å². The van der Waals surface area contributed by atoms with Gasteiger partial charge in [0.05, 0.1) is 13.5 Å². The van der Waals surface area contributed by atoms with Gasteiger partial charge in [-0.15, -0.1) is 0 Å². The number of hydrogen-bond acceptors (Lipinski definition) is 4. The third-order valence-corrected chi connectivity index (χ3v) is 2.28. The van der Waals surface area contributed by atoms with Crippen molar-refractivity contribution in [1.82, 2.24) is 0 Å². The molecular weight excluding hydrogens is 194 g/mol. The van der Waals surface area contributed by atoms with Crippen molar-refractivity contribution in [2.75, 3.05) is 7.11 Å². The van der Waals surface area contributed by atoms with Crippen LogP contribution in [0.25, 0.3) is 0 Å². The molecule has 3 N–H and O–H groups in total. The Kier molecular flexibility index (Phi) is 3.68. The van der Waals surface area contributed by atoms with Crippen LogP contribution in [0.5, 0.6) is 5.75 Å². The molecule has 0 aliphatic heterocycles. The fourth-order valence-electron chi connectivity index (χ4n) is 1.35. The average molecular weight is 209 g/mol. The lowest BCUT2D eigenvalue weighted by molar-refractivity contribution is -0.141. The Bertz CT molecular complexity index is 363. The van der Waals surface area contributed by atoms with E-state index in [1.165, 1.54) is 7.11 Å². The summed E-state index contributed by atoms with van der Waals surface area (Å²) in [5.41, 5.74) is 7.09. The molecule has 0 saturated carbocycles. The number of hydrogen-bond donors (Lipinski definition) is 2. The summed E-state index contributed by atoms with van der Waals surface area (Å²) in [6, 6.07) is 4.75. The smallest absolute Gasteiger partial charge is 0.307 e. The van der Waals surface area contributed by atoms with Crippen LogP contribution in [0.4, 0.5) is 0 Å². The molecular formula is C11H15NO3. The third kappa shape index (κ3) is 2.70. The van der Waals surface area contributed by atoms with Gasteiger partial charge >= 0.3 is 5.97 Å². The van der Waals surface area contributed by atoms with Crippen LogP contribution in [-0.2, 0) is 9.53 Å². The van der Waals surface area contributed by atoms with Gasteiger partial charge in [0, 0.05) is 11.6 Å². The van der Waals surface area contributed by atoms with E-state index in [1.807, 2.05) is 0 Å². The lowest BCUT2D eigenvalue weighted by atomic mass is 10.0. The molecule has 1 rings (SSSR count). The quantitative estimate of drug-likeness (QED) is 0.735. The van der Waals surface area contributed by atoms with E-state index in [0.717, 1.165) is 5.56 Å². The molecule has 4 heteroatoms. The maximum Gasteiger partial charge on any atom is 0.307 e. The van der Waals surface area contributed by atoms with E-state index >= 15 is 0 Å². The highest BCUT2D eigenvalue weighted by Crippen LogP contribution is 2.27. The van der Waals surface area contributed by atoms with Crippen LogP contribution in [0.1, 0.15) is 23.6 Å². The van der Waals surface area contributed by atoms with Crippen molar-refractivity contribution < 1.29 is 14.6 Å². The van der Waals surface area contributed by atoms with Crippen molar-refractivity contribution in [2.45, 2.75) is 19.4 Å². The summed E-state index contributed by atoms with van der Waals surface area (Å²) < 4.78 is 4.51. The van der Waals surface area contributed by atoms with Gasteiger partial charge in [-0.05, 0) is 12.5 Å². The third-order valence-electron chi connectivity index (χ3n) is 2.28. The first-order valence-corrected chi connectivity index (χ1v) is 4.67. The second-order valence-electron chi connectivity index (χ2n) is 3.40. The number of aryl methyl sites for hydroxylation is 1. The monoisotopic (exact) mass is 209 g/mol. The molecule has 1 aromatic carbocycles. The van der Waals surface area contributed by atoms with Crippen molar-refractivity contribution in [1.29, 1.82) is 0 Å². The highest BCUT2D eigenvalue weighted by Gasteiger charge is 2.15. The molecule has 1 atom stereocenters. The number of rotatable bonds is 3. The molecule has 0 radical (unpaired) electrons. The fraction of sp³-hybridized carbons (Fsp3) is 0.364. The van der Waals surface area contributed by atoms with Gasteiger partial charge in [-0.1, -0.05) is 18.2 Å². The Morgan fingerprint density at radius 3 is 2.87 bits per heavy atom. The molecule has 0 aliphatic rings. The molecule has 0 saturated heterocycles. The largest absolute Gasteiger partial charge is 0.507 e. The summed E-state index contributed by atoms with van der Waals surface area (Å²) in [5, 5.41) is 9.72. The molecule has 1 aromatic rings. The standard InChI is InChI=1S/C11H15NO3/c1-7-4-3-5-8(11(7)14)9(12)6-10(13)15-2/h3-5,9,14H,6,12H2,1-2H3/t9-/m1/s1. The number of esters is 1. The summed E-state index contributed by atoms with van der Waals surface area (Å²) >= 11 is 0. The SMILES string of the molecule is COC(=O)C[C@@H](N)c1cccc(C)c1O. The molecule has 0 unspecified atom stereocenters. The maximum absolute atomic E-state index is 11.0. The summed E-state index contributed by atoms with van der Waals surface area (Å²) in [6.07, 6.45) is 0.0630. The van der Waals surface area contributed by atoms with E-state index in [4.69, 9.17) is 5.73 Å². The Labute approximate surface area is 88.7 Å². The minimum atomic E-state index is -0.530. The number of carbonyl (C=O) groups is 1. The molecule has 0 aliphatic carbocycles. The number of phenolic OH excluding ortho intramolecular Hbond substituents is 1. The zero-order valence-electron chi connectivity index (χ0n) is 8.86. The second kappa shape index (κ2) is 4.79. The molecule has 0 bridgehead atoms. The lowest BCUT2D eigenvalue weighted by Gasteiger charge is -2.13. The molecule has 4 nitrogen and oxygen atoms in total. The van der Waals surface area contributed by atoms with E-state index in [1.54, 1.807) is 25.1 Å². The van der Waals surface area contributed by atoms with E-state index in [-0.39, 0.29) is 18.1 Å². The molecule has 0 aromatic heterocycles. The van der Waals surface area contributed by atoms with E-state index in [0.29, 0.717) is 5.56 Å². The highest BCUT2D eigenvalue weighted by atomic mass is 16.5. The topological polar surface area (TPSA) is 72.5 Å². The van der Waals surface area contributed by atoms with Crippen LogP contribution in [-0.4, -0.2) is 18.2 Å². The van der Waals surface area contributed by atoms with Crippen LogP contribution in [0.15, 0.2) is 18.2 Å². The van der Waals surface area contributed by atoms with Gasteiger partial charge in [-0.2, -0.15) is 0 Å². The molecule has 15 heavy (non-hydrogen) atoms. The summed E-state index contributed by atoms with van der Waals surface area (Å²) in [5.74, 6) is -0.239. The predicted molar refractivity (Wildman–Crippen MR) is 56.4 cm³/mol. The van der Waals surface area contributed by atoms with Crippen molar-refractivity contribution >= 4 is 5.97 Å². The minimum absolute atomic E-state index is 0.0630. The van der Waals surface area contributed by atoms with Crippen molar-refractivity contribution in [3.63, 3.8) is 0 Å². The average Bonchev–Trinajstić information content (AvgIpc) is 2.21. The van der Waals surface area contributed by atoms with Gasteiger partial charge in [0.25, 0.3) is 0 Å². The van der Waals surface area contributed by atoms with E-state index < -0.39 is 6.04 Å². The fourth-order valence-corrected chi connectivity index (χ4v) is 1.35. The van der Waals surface area contributed by atoms with Gasteiger partial charge in [0.2, 0.25) is 0 Å². The Balaban J connectivity index is 2.86. The second-order valence-corrected chi connectivity index (χ2v) is 3.40. The molecule has 0 spiro atoms. The summed E-state index contributed by atoms with van der Waals surface area (Å²) in [4.78, 5) is 11.0. The minimum Gasteiger partial charge on any atom is -0.507 e. The molecule has 0 heterocycles. The Morgan fingerprint density at radius 1 is 1.60 bits per heavy atom. The van der Waals surface area contributed by atoms with Gasteiger partial charge in [0.1, 0.15) is 5.75 Å².